The molecule has 3 aromatic rings. The zero-order valence-corrected chi connectivity index (χ0v) is 15.4. The number of aromatic nitrogens is 2. The number of carbonyl (C=O) groups excluding carboxylic acids is 1. The van der Waals surface area contributed by atoms with E-state index in [-0.39, 0.29) is 5.91 Å². The topological polar surface area (TPSA) is 50.2 Å². The molecule has 3 aromatic heterocycles. The first-order valence-corrected chi connectivity index (χ1v) is 9.79. The first-order valence-electron chi connectivity index (χ1n) is 8.91. The number of nitrogens with one attached hydrogen (secondary N) is 1. The smallest absolute Gasteiger partial charge is 0.264 e. The molecule has 0 aliphatic carbocycles. The van der Waals surface area contributed by atoms with Crippen LogP contribution in [0.4, 0.5) is 5.82 Å². The number of fused-ring (bicyclic) bond motifs is 1. The van der Waals surface area contributed by atoms with Gasteiger partial charge in [-0.15, -0.1) is 11.3 Å². The lowest BCUT2D eigenvalue weighted by molar-refractivity contribution is 0.0724. The Labute approximate surface area is 157 Å². The van der Waals surface area contributed by atoms with Gasteiger partial charge < -0.3 is 14.8 Å². The lowest BCUT2D eigenvalue weighted by atomic mass is 10.0. The van der Waals surface area contributed by atoms with Crippen LogP contribution in [-0.2, 0) is 13.1 Å². The third kappa shape index (κ3) is 3.80. The van der Waals surface area contributed by atoms with Gasteiger partial charge in [-0.25, -0.2) is 4.98 Å². The van der Waals surface area contributed by atoms with E-state index in [1.807, 2.05) is 40.6 Å². The van der Waals surface area contributed by atoms with Crippen LogP contribution < -0.4 is 5.32 Å². The summed E-state index contributed by atoms with van der Waals surface area (Å²) in [5.41, 5.74) is 1.20. The number of hydrogen-bond donors (Lipinski definition) is 1. The molecular formula is C20H22N4OS. The zero-order chi connectivity index (χ0) is 17.8. The SMILES string of the molecule is O=C(c1cccs1)N1Cc2cccn2C[C@H](CCNc2ccccn2)C1. The summed E-state index contributed by atoms with van der Waals surface area (Å²) in [6.07, 6.45) is 4.90. The largest absolute Gasteiger partial charge is 0.370 e. The van der Waals surface area contributed by atoms with E-state index < -0.39 is 0 Å². The van der Waals surface area contributed by atoms with Crippen LogP contribution in [0.25, 0.3) is 0 Å². The molecule has 134 valence electrons. The Morgan fingerprint density at radius 2 is 2.15 bits per heavy atom. The second kappa shape index (κ2) is 7.74. The molecule has 0 bridgehead atoms. The second-order valence-corrected chi connectivity index (χ2v) is 7.56. The maximum Gasteiger partial charge on any atom is 0.264 e. The number of anilines is 1. The van der Waals surface area contributed by atoms with Crippen molar-refractivity contribution in [2.24, 2.45) is 5.92 Å². The summed E-state index contributed by atoms with van der Waals surface area (Å²) in [4.78, 5) is 20.0. The van der Waals surface area contributed by atoms with Gasteiger partial charge in [0, 0.05) is 37.7 Å². The molecule has 4 rings (SSSR count). The van der Waals surface area contributed by atoms with Gasteiger partial charge in [0.2, 0.25) is 0 Å². The van der Waals surface area contributed by atoms with E-state index in [2.05, 4.69) is 33.2 Å². The number of amides is 1. The minimum atomic E-state index is 0.136. The number of thiophene rings is 1. The van der Waals surface area contributed by atoms with Crippen molar-refractivity contribution in [3.8, 4) is 0 Å². The van der Waals surface area contributed by atoms with Gasteiger partial charge in [-0.2, -0.15) is 0 Å². The molecule has 0 fully saturated rings. The van der Waals surface area contributed by atoms with Crippen LogP contribution in [-0.4, -0.2) is 33.4 Å². The van der Waals surface area contributed by atoms with E-state index >= 15 is 0 Å². The first kappa shape index (κ1) is 16.8. The predicted molar refractivity (Wildman–Crippen MR) is 104 cm³/mol. The lowest BCUT2D eigenvalue weighted by Crippen LogP contribution is -2.34. The third-order valence-electron chi connectivity index (χ3n) is 4.75. The summed E-state index contributed by atoms with van der Waals surface area (Å²) in [5.74, 6) is 1.44. The molecule has 5 nitrogen and oxygen atoms in total. The molecule has 4 heterocycles. The van der Waals surface area contributed by atoms with Crippen LogP contribution in [0.15, 0.2) is 60.2 Å². The Morgan fingerprint density at radius 3 is 2.96 bits per heavy atom. The summed E-state index contributed by atoms with van der Waals surface area (Å²) in [5, 5.41) is 5.34. The fraction of sp³-hybridized carbons (Fsp3) is 0.300. The molecule has 6 heteroatoms. The van der Waals surface area contributed by atoms with Gasteiger partial charge >= 0.3 is 0 Å². The van der Waals surface area contributed by atoms with Gasteiger partial charge in [-0.1, -0.05) is 12.1 Å². The van der Waals surface area contributed by atoms with Crippen molar-refractivity contribution >= 4 is 23.1 Å². The highest BCUT2D eigenvalue weighted by molar-refractivity contribution is 7.12. The van der Waals surface area contributed by atoms with Crippen molar-refractivity contribution in [2.45, 2.75) is 19.5 Å². The third-order valence-corrected chi connectivity index (χ3v) is 5.61. The lowest BCUT2D eigenvalue weighted by Gasteiger charge is -2.24. The highest BCUT2D eigenvalue weighted by Crippen LogP contribution is 2.22. The maximum atomic E-state index is 12.9. The minimum Gasteiger partial charge on any atom is -0.370 e. The fourth-order valence-corrected chi connectivity index (χ4v) is 4.13. The van der Waals surface area contributed by atoms with E-state index in [9.17, 15) is 4.79 Å². The highest BCUT2D eigenvalue weighted by atomic mass is 32.1. The molecular weight excluding hydrogens is 344 g/mol. The Kier molecular flexibility index (Phi) is 5.02. The van der Waals surface area contributed by atoms with Crippen LogP contribution in [0.5, 0.6) is 0 Å². The quantitative estimate of drug-likeness (QED) is 0.749. The number of nitrogens with zero attached hydrogens (tertiary/aromatic N) is 3. The summed E-state index contributed by atoms with van der Waals surface area (Å²) < 4.78 is 2.28. The highest BCUT2D eigenvalue weighted by Gasteiger charge is 2.25. The van der Waals surface area contributed by atoms with Gasteiger partial charge in [0.15, 0.2) is 0 Å². The average Bonchev–Trinajstić information content (AvgIpc) is 3.31. The molecule has 1 aliphatic heterocycles. The Hall–Kier alpha value is -2.60. The van der Waals surface area contributed by atoms with E-state index in [1.54, 1.807) is 6.20 Å². The number of rotatable bonds is 5. The van der Waals surface area contributed by atoms with Gasteiger partial charge in [-0.05, 0) is 48.1 Å². The zero-order valence-electron chi connectivity index (χ0n) is 14.5. The maximum absolute atomic E-state index is 12.9. The van der Waals surface area contributed by atoms with Crippen molar-refractivity contribution in [2.75, 3.05) is 18.4 Å². The monoisotopic (exact) mass is 366 g/mol. The second-order valence-electron chi connectivity index (χ2n) is 6.61. The summed E-state index contributed by atoms with van der Waals surface area (Å²) in [7, 11) is 0. The molecule has 1 N–H and O–H groups in total. The normalized spacial score (nSPS) is 16.8. The molecule has 0 aromatic carbocycles. The molecule has 26 heavy (non-hydrogen) atoms. The van der Waals surface area contributed by atoms with Gasteiger partial charge in [0.1, 0.15) is 5.82 Å². The van der Waals surface area contributed by atoms with E-state index in [0.29, 0.717) is 12.5 Å². The van der Waals surface area contributed by atoms with Crippen molar-refractivity contribution in [3.63, 3.8) is 0 Å². The summed E-state index contributed by atoms with van der Waals surface area (Å²) in [6.45, 7) is 3.25. The molecule has 0 saturated carbocycles. The van der Waals surface area contributed by atoms with Crippen LogP contribution >= 0.6 is 11.3 Å². The fourth-order valence-electron chi connectivity index (χ4n) is 3.44. The van der Waals surface area contributed by atoms with Crippen LogP contribution in [0, 0.1) is 5.92 Å². The molecule has 0 saturated heterocycles. The molecule has 1 aliphatic rings. The van der Waals surface area contributed by atoms with Crippen molar-refractivity contribution in [1.29, 1.82) is 0 Å². The number of pyridine rings is 1. The van der Waals surface area contributed by atoms with Crippen molar-refractivity contribution in [1.82, 2.24) is 14.5 Å². The van der Waals surface area contributed by atoms with E-state index in [0.717, 1.165) is 36.8 Å². The van der Waals surface area contributed by atoms with Gasteiger partial charge in [-0.3, -0.25) is 4.79 Å². The Morgan fingerprint density at radius 1 is 1.19 bits per heavy atom. The number of hydrogen-bond acceptors (Lipinski definition) is 4. The summed E-state index contributed by atoms with van der Waals surface area (Å²) >= 11 is 1.51. The Balaban J connectivity index is 1.45. The molecule has 0 radical (unpaired) electrons. The molecule has 0 unspecified atom stereocenters. The van der Waals surface area contributed by atoms with Crippen molar-refractivity contribution in [3.05, 3.63) is 70.8 Å². The first-order chi connectivity index (χ1) is 12.8. The molecule has 1 amide bonds. The van der Waals surface area contributed by atoms with E-state index in [1.165, 1.54) is 17.0 Å². The number of carbonyl (C=O) groups is 1. The van der Waals surface area contributed by atoms with Crippen LogP contribution in [0.1, 0.15) is 21.8 Å². The Bertz CT molecular complexity index is 844. The molecule has 0 spiro atoms. The minimum absolute atomic E-state index is 0.136. The predicted octanol–water partition coefficient (Wildman–Crippen LogP) is 3.72. The van der Waals surface area contributed by atoms with E-state index in [4.69, 9.17) is 0 Å². The van der Waals surface area contributed by atoms with Crippen molar-refractivity contribution < 1.29 is 4.79 Å². The van der Waals surface area contributed by atoms with Crippen LogP contribution in [0.2, 0.25) is 0 Å². The molecule has 1 atom stereocenters. The average molecular weight is 366 g/mol. The van der Waals surface area contributed by atoms with Gasteiger partial charge in [0.05, 0.1) is 11.4 Å². The standard InChI is InChI=1S/C20H22N4OS/c25-20(18-6-4-12-26-18)24-14-16(13-23-11-3-5-17(23)15-24)8-10-22-19-7-1-2-9-21-19/h1-7,9,11-12,16H,8,10,13-15H2,(H,21,22)/t16-/m0/s1. The summed E-state index contributed by atoms with van der Waals surface area (Å²) in [6, 6.07) is 13.9. The van der Waals surface area contributed by atoms with Crippen LogP contribution in [0.3, 0.4) is 0 Å². The van der Waals surface area contributed by atoms with Gasteiger partial charge in [0.25, 0.3) is 5.91 Å².